The lowest BCUT2D eigenvalue weighted by Crippen LogP contribution is -2.20. The number of nitrogens with zero attached hydrogens (tertiary/aromatic N) is 3. The predicted octanol–water partition coefficient (Wildman–Crippen LogP) is 3.69. The van der Waals surface area contributed by atoms with E-state index in [9.17, 15) is 13.7 Å². The van der Waals surface area contributed by atoms with E-state index in [0.717, 1.165) is 16.8 Å². The average molecular weight is 451 g/mol. The summed E-state index contributed by atoms with van der Waals surface area (Å²) in [5, 5.41) is 9.51. The highest BCUT2D eigenvalue weighted by molar-refractivity contribution is 7.88. The molecule has 3 aromatic rings. The van der Waals surface area contributed by atoms with Gasteiger partial charge in [0.15, 0.2) is 0 Å². The average Bonchev–Trinajstić information content (AvgIpc) is 2.79. The first kappa shape index (κ1) is 23.4. The van der Waals surface area contributed by atoms with E-state index in [1.54, 1.807) is 36.5 Å². The second kappa shape index (κ2) is 10.4. The molecule has 0 aliphatic heterocycles. The summed E-state index contributed by atoms with van der Waals surface area (Å²) in [5.41, 5.74) is 3.69. The molecule has 0 unspecified atom stereocenters. The van der Waals surface area contributed by atoms with Crippen molar-refractivity contribution in [1.29, 1.82) is 5.26 Å². The van der Waals surface area contributed by atoms with Gasteiger partial charge >= 0.3 is 0 Å². The molecule has 0 atom stereocenters. The Morgan fingerprint density at radius 1 is 1.09 bits per heavy atom. The summed E-state index contributed by atoms with van der Waals surface area (Å²) in [4.78, 5) is 9.00. The van der Waals surface area contributed by atoms with Crippen molar-refractivity contribution in [3.05, 3.63) is 77.2 Å². The normalized spacial score (nSPS) is 11.3. The molecule has 7 nitrogen and oxygen atoms in total. The number of ether oxygens (including phenoxy) is 1. The van der Waals surface area contributed by atoms with Gasteiger partial charge in [0.25, 0.3) is 0 Å². The SMILES string of the molecule is CNS(=O)(=O)Cc1ccc(Cc2nccc(-c3ccc(OCC(C)C)c(C#N)c3)n2)cc1. The van der Waals surface area contributed by atoms with Gasteiger partial charge in [0.05, 0.1) is 23.6 Å². The van der Waals surface area contributed by atoms with Crippen LogP contribution in [0.25, 0.3) is 11.3 Å². The molecule has 0 spiro atoms. The number of nitriles is 1. The molecule has 0 amide bonds. The highest BCUT2D eigenvalue weighted by atomic mass is 32.2. The van der Waals surface area contributed by atoms with Crippen LogP contribution in [0.3, 0.4) is 0 Å². The second-order valence-electron chi connectivity index (χ2n) is 7.84. The highest BCUT2D eigenvalue weighted by Crippen LogP contribution is 2.26. The maximum Gasteiger partial charge on any atom is 0.215 e. The highest BCUT2D eigenvalue weighted by Gasteiger charge is 2.11. The van der Waals surface area contributed by atoms with Crippen molar-refractivity contribution in [3.63, 3.8) is 0 Å². The minimum Gasteiger partial charge on any atom is -0.492 e. The van der Waals surface area contributed by atoms with Crippen LogP contribution in [0.4, 0.5) is 0 Å². The van der Waals surface area contributed by atoms with Crippen LogP contribution in [0.2, 0.25) is 0 Å². The molecule has 0 aliphatic carbocycles. The quantitative estimate of drug-likeness (QED) is 0.533. The van der Waals surface area contributed by atoms with Crippen molar-refractivity contribution in [2.75, 3.05) is 13.7 Å². The molecule has 0 aliphatic rings. The maximum absolute atomic E-state index is 11.7. The van der Waals surface area contributed by atoms with Gasteiger partial charge in [-0.2, -0.15) is 5.26 Å². The van der Waals surface area contributed by atoms with E-state index in [1.165, 1.54) is 7.05 Å². The minimum atomic E-state index is -3.30. The summed E-state index contributed by atoms with van der Waals surface area (Å²) >= 11 is 0. The zero-order chi connectivity index (χ0) is 23.1. The van der Waals surface area contributed by atoms with E-state index in [2.05, 4.69) is 34.6 Å². The molecule has 166 valence electrons. The number of aromatic nitrogens is 2. The van der Waals surface area contributed by atoms with Crippen LogP contribution in [0.15, 0.2) is 54.7 Å². The van der Waals surface area contributed by atoms with Crippen LogP contribution in [-0.2, 0) is 22.2 Å². The molecule has 1 heterocycles. The van der Waals surface area contributed by atoms with Gasteiger partial charge in [-0.25, -0.2) is 23.1 Å². The minimum absolute atomic E-state index is 0.0616. The zero-order valence-corrected chi connectivity index (χ0v) is 19.2. The third-order valence-electron chi connectivity index (χ3n) is 4.73. The third kappa shape index (κ3) is 6.36. The van der Waals surface area contributed by atoms with Gasteiger partial charge in [0.2, 0.25) is 10.0 Å². The summed E-state index contributed by atoms with van der Waals surface area (Å²) in [6, 6.07) is 16.8. The Morgan fingerprint density at radius 2 is 1.81 bits per heavy atom. The summed E-state index contributed by atoms with van der Waals surface area (Å²) in [6.07, 6.45) is 2.20. The van der Waals surface area contributed by atoms with Crippen LogP contribution in [0, 0.1) is 17.2 Å². The van der Waals surface area contributed by atoms with Gasteiger partial charge in [0, 0.05) is 18.2 Å². The Morgan fingerprint density at radius 3 is 2.47 bits per heavy atom. The van der Waals surface area contributed by atoms with Crippen LogP contribution < -0.4 is 9.46 Å². The largest absolute Gasteiger partial charge is 0.492 e. The first-order valence-corrected chi connectivity index (χ1v) is 11.9. The molecule has 1 aromatic heterocycles. The van der Waals surface area contributed by atoms with E-state index in [1.807, 2.05) is 18.2 Å². The lowest BCUT2D eigenvalue weighted by Gasteiger charge is -2.11. The fraction of sp³-hybridized carbons (Fsp3) is 0.292. The van der Waals surface area contributed by atoms with E-state index in [0.29, 0.717) is 41.6 Å². The van der Waals surface area contributed by atoms with Crippen molar-refractivity contribution >= 4 is 10.0 Å². The monoisotopic (exact) mass is 450 g/mol. The maximum atomic E-state index is 11.7. The van der Waals surface area contributed by atoms with E-state index in [-0.39, 0.29) is 5.75 Å². The van der Waals surface area contributed by atoms with Crippen LogP contribution in [-0.4, -0.2) is 32.0 Å². The first-order chi connectivity index (χ1) is 15.3. The Kier molecular flexibility index (Phi) is 7.57. The van der Waals surface area contributed by atoms with Crippen molar-refractivity contribution in [1.82, 2.24) is 14.7 Å². The van der Waals surface area contributed by atoms with Gasteiger partial charge in [-0.05, 0) is 48.4 Å². The number of sulfonamides is 1. The van der Waals surface area contributed by atoms with Gasteiger partial charge in [0.1, 0.15) is 17.6 Å². The Bertz CT molecular complexity index is 1220. The molecule has 2 aromatic carbocycles. The summed E-state index contributed by atoms with van der Waals surface area (Å²) in [7, 11) is -1.90. The molecule has 3 rings (SSSR count). The third-order valence-corrected chi connectivity index (χ3v) is 6.06. The molecule has 8 heteroatoms. The lowest BCUT2D eigenvalue weighted by molar-refractivity contribution is 0.270. The first-order valence-electron chi connectivity index (χ1n) is 10.3. The molecule has 32 heavy (non-hydrogen) atoms. The van der Waals surface area contributed by atoms with Crippen LogP contribution >= 0.6 is 0 Å². The lowest BCUT2D eigenvalue weighted by atomic mass is 10.1. The van der Waals surface area contributed by atoms with Crippen molar-refractivity contribution < 1.29 is 13.2 Å². The zero-order valence-electron chi connectivity index (χ0n) is 18.4. The number of hydrogen-bond donors (Lipinski definition) is 1. The van der Waals surface area contributed by atoms with E-state index < -0.39 is 10.0 Å². The molecule has 0 fully saturated rings. The molecular formula is C24H26N4O3S. The standard InChI is InChI=1S/C24H26N4O3S/c1-17(2)15-31-23-9-8-20(13-21(23)14-25)22-10-11-27-24(28-22)12-18-4-6-19(7-5-18)16-32(29,30)26-3/h4-11,13,17,26H,12,15-16H2,1-3H3. The molecule has 0 saturated carbocycles. The summed E-state index contributed by atoms with van der Waals surface area (Å²) in [6.45, 7) is 4.66. The van der Waals surface area contributed by atoms with Crippen LogP contribution in [0.1, 0.15) is 36.4 Å². The fourth-order valence-electron chi connectivity index (χ4n) is 3.03. The van der Waals surface area contributed by atoms with E-state index >= 15 is 0 Å². The number of nitrogens with one attached hydrogen (secondary N) is 1. The van der Waals surface area contributed by atoms with Gasteiger partial charge in [-0.3, -0.25) is 0 Å². The Balaban J connectivity index is 1.76. The molecular weight excluding hydrogens is 424 g/mol. The Hall–Kier alpha value is -3.28. The number of benzene rings is 2. The van der Waals surface area contributed by atoms with Gasteiger partial charge < -0.3 is 4.74 Å². The predicted molar refractivity (Wildman–Crippen MR) is 123 cm³/mol. The van der Waals surface area contributed by atoms with Crippen molar-refractivity contribution in [2.24, 2.45) is 5.92 Å². The number of rotatable bonds is 9. The summed E-state index contributed by atoms with van der Waals surface area (Å²) in [5.74, 6) is 1.51. The van der Waals surface area contributed by atoms with Gasteiger partial charge in [-0.15, -0.1) is 0 Å². The Labute approximate surface area is 189 Å². The molecule has 0 saturated heterocycles. The summed E-state index contributed by atoms with van der Waals surface area (Å²) < 4.78 is 31.4. The topological polar surface area (TPSA) is 105 Å². The second-order valence-corrected chi connectivity index (χ2v) is 9.77. The smallest absolute Gasteiger partial charge is 0.215 e. The molecule has 0 bridgehead atoms. The van der Waals surface area contributed by atoms with E-state index in [4.69, 9.17) is 4.74 Å². The van der Waals surface area contributed by atoms with Crippen LogP contribution in [0.5, 0.6) is 5.75 Å². The number of hydrogen-bond acceptors (Lipinski definition) is 6. The van der Waals surface area contributed by atoms with Gasteiger partial charge in [-0.1, -0.05) is 38.1 Å². The van der Waals surface area contributed by atoms with Crippen molar-refractivity contribution in [3.8, 4) is 23.1 Å². The fourth-order valence-corrected chi connectivity index (χ4v) is 3.81. The molecule has 0 radical (unpaired) electrons. The van der Waals surface area contributed by atoms with Crippen molar-refractivity contribution in [2.45, 2.75) is 26.0 Å². The molecule has 1 N–H and O–H groups in total.